The van der Waals surface area contributed by atoms with E-state index in [0.29, 0.717) is 19.5 Å². The van der Waals surface area contributed by atoms with Crippen molar-refractivity contribution < 1.29 is 14.7 Å². The predicted molar refractivity (Wildman–Crippen MR) is 72.6 cm³/mol. The van der Waals surface area contributed by atoms with Crippen LogP contribution in [0.2, 0.25) is 0 Å². The lowest BCUT2D eigenvalue weighted by atomic mass is 9.93. The van der Waals surface area contributed by atoms with Crippen molar-refractivity contribution in [2.24, 2.45) is 5.92 Å². The number of hydrogen-bond donors (Lipinski definition) is 2. The number of nitrogens with one attached hydrogen (secondary N) is 1. The number of pyridine rings is 1. The topological polar surface area (TPSA) is 90.5 Å². The Morgan fingerprint density at radius 2 is 2.25 bits per heavy atom. The van der Waals surface area contributed by atoms with Crippen molar-refractivity contribution in [3.8, 4) is 0 Å². The number of piperidine rings is 1. The second-order valence-corrected chi connectivity index (χ2v) is 5.11. The molecule has 1 saturated heterocycles. The van der Waals surface area contributed by atoms with Crippen LogP contribution in [0.3, 0.4) is 0 Å². The zero-order valence-electron chi connectivity index (χ0n) is 11.2. The fraction of sp³-hybridized carbons (Fsp3) is 0.500. The van der Waals surface area contributed by atoms with Crippen LogP contribution < -0.4 is 5.43 Å². The molecular weight excluding hydrogens is 260 g/mol. The Balaban J connectivity index is 2.02. The maximum absolute atomic E-state index is 12.3. The predicted octanol–water partition coefficient (Wildman–Crippen LogP) is 1.09. The summed E-state index contributed by atoms with van der Waals surface area (Å²) in [5, 5.41) is 8.71. The Bertz CT molecular complexity index is 552. The highest BCUT2D eigenvalue weighted by Gasteiger charge is 2.25. The van der Waals surface area contributed by atoms with Crippen LogP contribution in [0.15, 0.2) is 23.3 Å². The minimum atomic E-state index is -0.812. The average molecular weight is 278 g/mol. The molecule has 108 valence electrons. The van der Waals surface area contributed by atoms with Gasteiger partial charge < -0.3 is 15.0 Å². The summed E-state index contributed by atoms with van der Waals surface area (Å²) in [5.41, 5.74) is -0.146. The average Bonchev–Trinajstić information content (AvgIpc) is 2.45. The van der Waals surface area contributed by atoms with Gasteiger partial charge in [-0.05, 0) is 25.2 Å². The molecule has 0 aromatic carbocycles. The van der Waals surface area contributed by atoms with E-state index in [1.54, 1.807) is 4.90 Å². The fourth-order valence-electron chi connectivity index (χ4n) is 2.57. The molecule has 0 saturated carbocycles. The largest absolute Gasteiger partial charge is 0.481 e. The molecule has 0 spiro atoms. The van der Waals surface area contributed by atoms with Gasteiger partial charge in [0.1, 0.15) is 5.56 Å². The van der Waals surface area contributed by atoms with Crippen molar-refractivity contribution in [3.05, 3.63) is 34.2 Å². The van der Waals surface area contributed by atoms with Gasteiger partial charge in [-0.25, -0.2) is 0 Å². The lowest BCUT2D eigenvalue weighted by molar-refractivity contribution is -0.137. The summed E-state index contributed by atoms with van der Waals surface area (Å²) < 4.78 is 0. The fourth-order valence-corrected chi connectivity index (χ4v) is 2.57. The zero-order valence-corrected chi connectivity index (χ0v) is 11.2. The molecule has 2 N–H and O–H groups in total. The second kappa shape index (κ2) is 6.36. The van der Waals surface area contributed by atoms with Gasteiger partial charge in [-0.3, -0.25) is 14.4 Å². The summed E-state index contributed by atoms with van der Waals surface area (Å²) in [6, 6.07) is 1.33. The molecule has 20 heavy (non-hydrogen) atoms. The summed E-state index contributed by atoms with van der Waals surface area (Å²) in [6.45, 7) is 1.15. The summed E-state index contributed by atoms with van der Waals surface area (Å²) in [7, 11) is 0. The van der Waals surface area contributed by atoms with Gasteiger partial charge in [-0.15, -0.1) is 0 Å². The van der Waals surface area contributed by atoms with Crippen LogP contribution in [0.25, 0.3) is 0 Å². The van der Waals surface area contributed by atoms with E-state index in [-0.39, 0.29) is 29.2 Å². The molecule has 0 radical (unpaired) electrons. The summed E-state index contributed by atoms with van der Waals surface area (Å²) in [5.74, 6) is -0.883. The number of rotatable bonds is 4. The Kier molecular flexibility index (Phi) is 4.55. The first-order valence-electron chi connectivity index (χ1n) is 6.76. The van der Waals surface area contributed by atoms with Gasteiger partial charge in [0.2, 0.25) is 0 Å². The van der Waals surface area contributed by atoms with E-state index in [2.05, 4.69) is 4.98 Å². The molecule has 1 fully saturated rings. The molecule has 6 nitrogen and oxygen atoms in total. The Labute approximate surface area is 116 Å². The van der Waals surface area contributed by atoms with Crippen molar-refractivity contribution in [1.29, 1.82) is 0 Å². The van der Waals surface area contributed by atoms with Crippen molar-refractivity contribution in [2.45, 2.75) is 25.7 Å². The number of aromatic amines is 1. The highest BCUT2D eigenvalue weighted by Crippen LogP contribution is 2.21. The normalized spacial score (nSPS) is 18.8. The van der Waals surface area contributed by atoms with Gasteiger partial charge in [0.25, 0.3) is 5.91 Å². The van der Waals surface area contributed by atoms with Crippen LogP contribution in [0, 0.1) is 5.92 Å². The van der Waals surface area contributed by atoms with Crippen LogP contribution >= 0.6 is 0 Å². The second-order valence-electron chi connectivity index (χ2n) is 5.11. The van der Waals surface area contributed by atoms with Crippen molar-refractivity contribution in [2.75, 3.05) is 13.1 Å². The third-order valence-electron chi connectivity index (χ3n) is 3.63. The van der Waals surface area contributed by atoms with Gasteiger partial charge in [0.15, 0.2) is 5.43 Å². The standard InChI is InChI=1S/C14H18N2O4/c17-12-5-6-15-8-11(12)14(20)16-7-1-2-10(9-16)3-4-13(18)19/h5-6,8,10H,1-4,7,9H2,(H,15,17)(H,18,19). The van der Waals surface area contributed by atoms with E-state index in [0.717, 1.165) is 12.8 Å². The number of likely N-dealkylation sites (tertiary alicyclic amines) is 1. The zero-order chi connectivity index (χ0) is 14.5. The highest BCUT2D eigenvalue weighted by molar-refractivity contribution is 5.93. The van der Waals surface area contributed by atoms with E-state index in [1.165, 1.54) is 18.5 Å². The number of aliphatic carboxylic acids is 1. The minimum Gasteiger partial charge on any atom is -0.481 e. The first-order valence-corrected chi connectivity index (χ1v) is 6.76. The number of aromatic nitrogens is 1. The highest BCUT2D eigenvalue weighted by atomic mass is 16.4. The minimum absolute atomic E-state index is 0.124. The summed E-state index contributed by atoms with van der Waals surface area (Å²) in [6.07, 6.45) is 5.39. The van der Waals surface area contributed by atoms with E-state index in [9.17, 15) is 14.4 Å². The molecule has 1 amide bonds. The molecule has 2 rings (SSSR count). The van der Waals surface area contributed by atoms with E-state index in [4.69, 9.17) is 5.11 Å². The smallest absolute Gasteiger partial charge is 0.303 e. The first-order chi connectivity index (χ1) is 9.58. The van der Waals surface area contributed by atoms with Crippen LogP contribution in [0.5, 0.6) is 0 Å². The number of amides is 1. The summed E-state index contributed by atoms with van der Waals surface area (Å²) in [4.78, 5) is 38.9. The first kappa shape index (κ1) is 14.3. The van der Waals surface area contributed by atoms with Crippen molar-refractivity contribution >= 4 is 11.9 Å². The van der Waals surface area contributed by atoms with Crippen LogP contribution in [0.4, 0.5) is 0 Å². The van der Waals surface area contributed by atoms with Crippen LogP contribution in [-0.4, -0.2) is 40.0 Å². The molecule has 0 bridgehead atoms. The number of carboxylic acids is 1. The molecule has 0 aliphatic carbocycles. The monoisotopic (exact) mass is 278 g/mol. The number of carboxylic acid groups (broad SMARTS) is 1. The maximum Gasteiger partial charge on any atom is 0.303 e. The van der Waals surface area contributed by atoms with E-state index >= 15 is 0 Å². The third-order valence-corrected chi connectivity index (χ3v) is 3.63. The molecule has 6 heteroatoms. The van der Waals surface area contributed by atoms with E-state index in [1.807, 2.05) is 0 Å². The number of H-pyrrole nitrogens is 1. The number of nitrogens with zero attached hydrogens (tertiary/aromatic N) is 1. The van der Waals surface area contributed by atoms with Crippen molar-refractivity contribution in [3.63, 3.8) is 0 Å². The van der Waals surface area contributed by atoms with Gasteiger partial charge in [-0.2, -0.15) is 0 Å². The molecule has 1 aliphatic heterocycles. The van der Waals surface area contributed by atoms with Gasteiger partial charge in [0, 0.05) is 38.0 Å². The quantitative estimate of drug-likeness (QED) is 0.862. The lowest BCUT2D eigenvalue weighted by Crippen LogP contribution is -2.41. The van der Waals surface area contributed by atoms with Gasteiger partial charge in [-0.1, -0.05) is 0 Å². The molecular formula is C14H18N2O4. The van der Waals surface area contributed by atoms with Gasteiger partial charge >= 0.3 is 5.97 Å². The van der Waals surface area contributed by atoms with E-state index < -0.39 is 5.97 Å². The number of carbonyl (C=O) groups is 2. The number of carbonyl (C=O) groups excluding carboxylic acids is 1. The third kappa shape index (κ3) is 3.46. The van der Waals surface area contributed by atoms with Crippen molar-refractivity contribution in [1.82, 2.24) is 9.88 Å². The molecule has 1 aliphatic rings. The lowest BCUT2D eigenvalue weighted by Gasteiger charge is -2.32. The molecule has 1 unspecified atom stereocenters. The number of hydrogen-bond acceptors (Lipinski definition) is 3. The Morgan fingerprint density at radius 1 is 1.45 bits per heavy atom. The SMILES string of the molecule is O=C(O)CCC1CCCN(C(=O)c2c[nH]ccc2=O)C1. The van der Waals surface area contributed by atoms with Crippen LogP contribution in [0.1, 0.15) is 36.0 Å². The van der Waals surface area contributed by atoms with Gasteiger partial charge in [0.05, 0.1) is 0 Å². The Hall–Kier alpha value is -2.11. The Morgan fingerprint density at radius 3 is 2.95 bits per heavy atom. The maximum atomic E-state index is 12.3. The molecule has 1 aromatic rings. The molecule has 2 heterocycles. The summed E-state index contributed by atoms with van der Waals surface area (Å²) >= 11 is 0. The molecule has 1 atom stereocenters. The van der Waals surface area contributed by atoms with Crippen LogP contribution in [-0.2, 0) is 4.79 Å². The molecule has 1 aromatic heterocycles.